The first-order valence-electron chi connectivity index (χ1n) is 6.77. The number of hydrogen-bond donors (Lipinski definition) is 0. The fourth-order valence-corrected chi connectivity index (χ4v) is 2.20. The molecule has 2 aromatic rings. The van der Waals surface area contributed by atoms with Gasteiger partial charge in [-0.05, 0) is 34.5 Å². The number of aromatic nitrogens is 4. The Labute approximate surface area is 125 Å². The number of rotatable bonds is 6. The van der Waals surface area contributed by atoms with E-state index in [0.717, 1.165) is 0 Å². The summed E-state index contributed by atoms with van der Waals surface area (Å²) in [6, 6.07) is 0. The molecule has 10 nitrogen and oxygen atoms in total. The van der Waals surface area contributed by atoms with Crippen molar-refractivity contribution in [3.05, 3.63) is 0 Å². The zero-order valence-corrected chi connectivity index (χ0v) is 12.1. The standard InChI is InChI=1S/C12H14N6O4/c1-7(19)3-5-17-9-11(15-21-13-9)18(6-4-8(2)20)12-10(17)14-22-16-12/h3-6H2,1-2H3. The monoisotopic (exact) mass is 306 g/mol. The molecule has 3 heterocycles. The number of carbonyl (C=O) groups is 2. The summed E-state index contributed by atoms with van der Waals surface area (Å²) < 4.78 is 9.61. The van der Waals surface area contributed by atoms with Crippen LogP contribution in [0.3, 0.4) is 0 Å². The predicted octanol–water partition coefficient (Wildman–Crippen LogP) is 1.00. The van der Waals surface area contributed by atoms with Gasteiger partial charge in [-0.25, -0.2) is 9.26 Å². The van der Waals surface area contributed by atoms with Gasteiger partial charge in [0.25, 0.3) is 0 Å². The van der Waals surface area contributed by atoms with Crippen molar-refractivity contribution in [3.8, 4) is 0 Å². The van der Waals surface area contributed by atoms with Crippen LogP contribution in [0.2, 0.25) is 0 Å². The van der Waals surface area contributed by atoms with Gasteiger partial charge >= 0.3 is 0 Å². The quantitative estimate of drug-likeness (QED) is 0.764. The van der Waals surface area contributed by atoms with Crippen LogP contribution in [-0.4, -0.2) is 45.3 Å². The topological polar surface area (TPSA) is 118 Å². The van der Waals surface area contributed by atoms with E-state index in [1.165, 1.54) is 13.8 Å². The van der Waals surface area contributed by atoms with Crippen LogP contribution < -0.4 is 9.80 Å². The van der Waals surface area contributed by atoms with Crippen LogP contribution in [0.1, 0.15) is 26.7 Å². The van der Waals surface area contributed by atoms with E-state index < -0.39 is 0 Å². The maximum Gasteiger partial charge on any atom is 0.224 e. The summed E-state index contributed by atoms with van der Waals surface area (Å²) in [6.45, 7) is 3.73. The van der Waals surface area contributed by atoms with Crippen molar-refractivity contribution in [1.82, 2.24) is 20.6 Å². The summed E-state index contributed by atoms with van der Waals surface area (Å²) in [5.74, 6) is 1.77. The van der Waals surface area contributed by atoms with Crippen LogP contribution >= 0.6 is 0 Å². The summed E-state index contributed by atoms with van der Waals surface area (Å²) in [4.78, 5) is 25.8. The molecule has 3 rings (SSSR count). The Hall–Kier alpha value is -2.78. The van der Waals surface area contributed by atoms with E-state index >= 15 is 0 Å². The van der Waals surface area contributed by atoms with Crippen LogP contribution in [0.15, 0.2) is 9.26 Å². The van der Waals surface area contributed by atoms with E-state index in [1.807, 2.05) is 0 Å². The van der Waals surface area contributed by atoms with Gasteiger partial charge in [0.2, 0.25) is 23.3 Å². The van der Waals surface area contributed by atoms with E-state index in [1.54, 1.807) is 9.80 Å². The average Bonchev–Trinajstić information content (AvgIpc) is 3.10. The number of ketones is 2. The lowest BCUT2D eigenvalue weighted by molar-refractivity contribution is -0.117. The first-order valence-corrected chi connectivity index (χ1v) is 6.77. The molecule has 0 amide bonds. The number of fused-ring (bicyclic) bond motifs is 2. The molecule has 10 heteroatoms. The van der Waals surface area contributed by atoms with E-state index in [0.29, 0.717) is 49.2 Å². The van der Waals surface area contributed by atoms with Gasteiger partial charge < -0.3 is 0 Å². The molecule has 0 fully saturated rings. The normalized spacial score (nSPS) is 13.0. The average molecular weight is 306 g/mol. The summed E-state index contributed by atoms with van der Waals surface area (Å²) in [5.41, 5.74) is 0. The van der Waals surface area contributed by atoms with E-state index in [-0.39, 0.29) is 11.6 Å². The zero-order valence-electron chi connectivity index (χ0n) is 12.1. The Morgan fingerprint density at radius 3 is 1.36 bits per heavy atom. The van der Waals surface area contributed by atoms with Crippen LogP contribution in [-0.2, 0) is 9.59 Å². The van der Waals surface area contributed by atoms with Crippen LogP contribution in [0.5, 0.6) is 0 Å². The molecule has 0 radical (unpaired) electrons. The maximum absolute atomic E-state index is 11.2. The minimum absolute atomic E-state index is 0.0371. The SMILES string of the molecule is CC(=O)CCN1c2nonc2N(CCC(C)=O)c2nonc21. The summed E-state index contributed by atoms with van der Waals surface area (Å²) in [7, 11) is 0. The van der Waals surface area contributed by atoms with Gasteiger partial charge in [0.05, 0.1) is 0 Å². The van der Waals surface area contributed by atoms with Crippen molar-refractivity contribution in [1.29, 1.82) is 0 Å². The molecule has 1 aliphatic rings. The smallest absolute Gasteiger partial charge is 0.224 e. The van der Waals surface area contributed by atoms with Crippen molar-refractivity contribution < 1.29 is 18.8 Å². The molecule has 1 aliphatic heterocycles. The first-order chi connectivity index (χ1) is 10.6. The molecule has 0 aromatic carbocycles. The molecule has 0 saturated carbocycles. The molecule has 116 valence electrons. The molecule has 22 heavy (non-hydrogen) atoms. The summed E-state index contributed by atoms with van der Waals surface area (Å²) in [5, 5.41) is 15.5. The third-order valence-electron chi connectivity index (χ3n) is 3.31. The van der Waals surface area contributed by atoms with Crippen molar-refractivity contribution in [2.24, 2.45) is 0 Å². The van der Waals surface area contributed by atoms with Gasteiger partial charge in [-0.15, -0.1) is 0 Å². The second-order valence-corrected chi connectivity index (χ2v) is 5.03. The molecule has 0 saturated heterocycles. The lowest BCUT2D eigenvalue weighted by Gasteiger charge is -2.29. The fourth-order valence-electron chi connectivity index (χ4n) is 2.20. The number of carbonyl (C=O) groups excluding carboxylic acids is 2. The minimum Gasteiger partial charge on any atom is -0.300 e. The molecule has 0 atom stereocenters. The lowest BCUT2D eigenvalue weighted by atomic mass is 10.2. The van der Waals surface area contributed by atoms with Gasteiger partial charge in [-0.2, -0.15) is 0 Å². The fraction of sp³-hybridized carbons (Fsp3) is 0.500. The lowest BCUT2D eigenvalue weighted by Crippen LogP contribution is -2.32. The van der Waals surface area contributed by atoms with E-state index in [9.17, 15) is 9.59 Å². The van der Waals surface area contributed by atoms with Gasteiger partial charge in [0.1, 0.15) is 11.6 Å². The number of hydrogen-bond acceptors (Lipinski definition) is 10. The second-order valence-electron chi connectivity index (χ2n) is 5.03. The number of Topliss-reactive ketones (excluding diaryl/α,β-unsaturated/α-hetero) is 2. The predicted molar refractivity (Wildman–Crippen MR) is 73.2 cm³/mol. The van der Waals surface area contributed by atoms with Gasteiger partial charge in [-0.1, -0.05) is 0 Å². The molecular weight excluding hydrogens is 292 g/mol. The Kier molecular flexibility index (Phi) is 3.57. The molecule has 0 unspecified atom stereocenters. The molecule has 0 aliphatic carbocycles. The first kappa shape index (κ1) is 14.2. The van der Waals surface area contributed by atoms with Gasteiger partial charge in [0.15, 0.2) is 0 Å². The highest BCUT2D eigenvalue weighted by Crippen LogP contribution is 2.43. The Morgan fingerprint density at radius 1 is 0.773 bits per heavy atom. The van der Waals surface area contributed by atoms with Crippen molar-refractivity contribution in [3.63, 3.8) is 0 Å². The Morgan fingerprint density at radius 2 is 1.09 bits per heavy atom. The van der Waals surface area contributed by atoms with Crippen molar-refractivity contribution in [2.45, 2.75) is 26.7 Å². The Balaban J connectivity index is 1.95. The highest BCUT2D eigenvalue weighted by Gasteiger charge is 2.37. The van der Waals surface area contributed by atoms with Crippen molar-refractivity contribution in [2.75, 3.05) is 22.9 Å². The van der Waals surface area contributed by atoms with Crippen LogP contribution in [0.25, 0.3) is 0 Å². The van der Waals surface area contributed by atoms with Crippen LogP contribution in [0.4, 0.5) is 23.3 Å². The molecule has 0 N–H and O–H groups in total. The van der Waals surface area contributed by atoms with Crippen molar-refractivity contribution >= 4 is 34.8 Å². The number of nitrogens with zero attached hydrogens (tertiary/aromatic N) is 6. The van der Waals surface area contributed by atoms with E-state index in [4.69, 9.17) is 9.26 Å². The summed E-state index contributed by atoms with van der Waals surface area (Å²) >= 11 is 0. The molecule has 0 spiro atoms. The number of anilines is 4. The summed E-state index contributed by atoms with van der Waals surface area (Å²) in [6.07, 6.45) is 0.623. The van der Waals surface area contributed by atoms with Gasteiger partial charge in [-0.3, -0.25) is 19.4 Å². The largest absolute Gasteiger partial charge is 0.300 e. The third kappa shape index (κ3) is 2.43. The zero-order chi connectivity index (χ0) is 15.7. The molecule has 0 bridgehead atoms. The maximum atomic E-state index is 11.2. The third-order valence-corrected chi connectivity index (χ3v) is 3.31. The van der Waals surface area contributed by atoms with Gasteiger partial charge in [0, 0.05) is 25.9 Å². The highest BCUT2D eigenvalue weighted by atomic mass is 16.6. The molecular formula is C12H14N6O4. The molecule has 2 aromatic heterocycles. The second kappa shape index (κ2) is 5.54. The Bertz CT molecular complexity index is 611. The minimum atomic E-state index is 0.0371. The highest BCUT2D eigenvalue weighted by molar-refractivity contribution is 5.86. The van der Waals surface area contributed by atoms with E-state index in [2.05, 4.69) is 20.6 Å². The van der Waals surface area contributed by atoms with Crippen LogP contribution in [0, 0.1) is 0 Å².